The van der Waals surface area contributed by atoms with Crippen LogP contribution in [-0.4, -0.2) is 51.2 Å². The van der Waals surface area contributed by atoms with Crippen molar-refractivity contribution in [2.75, 3.05) is 27.3 Å². The van der Waals surface area contributed by atoms with Crippen LogP contribution in [0.5, 0.6) is 0 Å². The second kappa shape index (κ2) is 10.4. The summed E-state index contributed by atoms with van der Waals surface area (Å²) in [4.78, 5) is 34.5. The van der Waals surface area contributed by atoms with Gasteiger partial charge in [0.05, 0.1) is 20.6 Å². The maximum atomic E-state index is 11.8. The number of nitrogens with one attached hydrogen (secondary N) is 2. The molecule has 8 heteroatoms. The smallest absolute Gasteiger partial charge is 0.328 e. The normalized spacial score (nSPS) is 18.3. The van der Waals surface area contributed by atoms with E-state index in [1.165, 1.54) is 14.2 Å². The lowest BCUT2D eigenvalue weighted by Crippen LogP contribution is -2.43. The minimum Gasteiger partial charge on any atom is -0.469 e. The summed E-state index contributed by atoms with van der Waals surface area (Å²) in [7, 11) is 2.44. The van der Waals surface area contributed by atoms with Crippen LogP contribution in [0.2, 0.25) is 0 Å². The third kappa shape index (κ3) is 7.29. The average Bonchev–Trinajstić information content (AvgIpc) is 2.96. The molecule has 1 aliphatic rings. The molecule has 0 radical (unpaired) electrons. The van der Waals surface area contributed by atoms with Gasteiger partial charge in [0.15, 0.2) is 0 Å². The molecule has 2 atom stereocenters. The summed E-state index contributed by atoms with van der Waals surface area (Å²) >= 11 is 0. The summed E-state index contributed by atoms with van der Waals surface area (Å²) in [5.41, 5.74) is 0. The van der Waals surface area contributed by atoms with Gasteiger partial charge in [0, 0.05) is 6.42 Å². The van der Waals surface area contributed by atoms with E-state index in [2.05, 4.69) is 20.1 Å². The van der Waals surface area contributed by atoms with E-state index in [1.54, 1.807) is 0 Å². The van der Waals surface area contributed by atoms with Crippen molar-refractivity contribution in [2.24, 2.45) is 5.92 Å². The highest BCUT2D eigenvalue weighted by atomic mass is 35.5. The van der Waals surface area contributed by atoms with Crippen LogP contribution >= 0.6 is 12.4 Å². The van der Waals surface area contributed by atoms with E-state index in [4.69, 9.17) is 0 Å². The summed E-state index contributed by atoms with van der Waals surface area (Å²) in [6, 6.07) is -0.985. The Morgan fingerprint density at radius 2 is 2.00 bits per heavy atom. The first kappa shape index (κ1) is 19.7. The number of ether oxygens (including phenoxy) is 2. The average molecular weight is 323 g/mol. The fourth-order valence-electron chi connectivity index (χ4n) is 2.15. The summed E-state index contributed by atoms with van der Waals surface area (Å²) in [6.07, 6.45) is 1.95. The number of halogens is 1. The van der Waals surface area contributed by atoms with Gasteiger partial charge in [0.2, 0.25) is 5.91 Å². The monoisotopic (exact) mass is 322 g/mol. The van der Waals surface area contributed by atoms with Crippen molar-refractivity contribution in [3.05, 3.63) is 0 Å². The molecule has 1 fully saturated rings. The zero-order valence-corrected chi connectivity index (χ0v) is 13.2. The summed E-state index contributed by atoms with van der Waals surface area (Å²) in [5.74, 6) is -0.971. The Morgan fingerprint density at radius 1 is 1.29 bits per heavy atom. The molecule has 1 saturated heterocycles. The fraction of sp³-hybridized carbons (Fsp3) is 0.769. The van der Waals surface area contributed by atoms with E-state index < -0.39 is 18.0 Å². The van der Waals surface area contributed by atoms with Crippen LogP contribution in [0.25, 0.3) is 0 Å². The fourth-order valence-corrected chi connectivity index (χ4v) is 2.15. The van der Waals surface area contributed by atoms with E-state index >= 15 is 0 Å². The molecule has 0 aromatic carbocycles. The van der Waals surface area contributed by atoms with Crippen LogP contribution in [0.15, 0.2) is 0 Å². The first-order valence-electron chi connectivity index (χ1n) is 6.71. The van der Waals surface area contributed by atoms with Gasteiger partial charge in [-0.1, -0.05) is 0 Å². The highest BCUT2D eigenvalue weighted by Crippen LogP contribution is 2.14. The van der Waals surface area contributed by atoms with Crippen LogP contribution in [0.4, 0.5) is 0 Å². The third-order valence-corrected chi connectivity index (χ3v) is 3.36. The number of hydrogen-bond donors (Lipinski definition) is 2. The van der Waals surface area contributed by atoms with Crippen molar-refractivity contribution in [2.45, 2.75) is 31.7 Å². The highest BCUT2D eigenvalue weighted by Gasteiger charge is 2.25. The third-order valence-electron chi connectivity index (χ3n) is 3.36. The maximum Gasteiger partial charge on any atom is 0.328 e. The number of carbonyl (C=O) groups is 3. The standard InChI is InChI=1S/C13H22N2O5.ClH/c1-19-12(17)7-10(13(18)20-2)15-11(16)4-3-9-5-6-14-8-9;/h9-10,14H,3-8H2,1-2H3,(H,15,16);1H. The molecule has 2 N–H and O–H groups in total. The Balaban J connectivity index is 0.00000400. The number of esters is 2. The van der Waals surface area contributed by atoms with Crippen LogP contribution in [0.3, 0.4) is 0 Å². The van der Waals surface area contributed by atoms with Gasteiger partial charge in [-0.05, 0) is 31.8 Å². The van der Waals surface area contributed by atoms with Crippen molar-refractivity contribution in [3.8, 4) is 0 Å². The largest absolute Gasteiger partial charge is 0.469 e. The van der Waals surface area contributed by atoms with Gasteiger partial charge >= 0.3 is 11.9 Å². The van der Waals surface area contributed by atoms with Gasteiger partial charge in [-0.3, -0.25) is 9.59 Å². The highest BCUT2D eigenvalue weighted by molar-refractivity contribution is 5.88. The van der Waals surface area contributed by atoms with Gasteiger partial charge in [0.1, 0.15) is 6.04 Å². The lowest BCUT2D eigenvalue weighted by molar-refractivity contribution is -0.150. The number of hydrogen-bond acceptors (Lipinski definition) is 6. The summed E-state index contributed by atoms with van der Waals surface area (Å²) in [6.45, 7) is 1.91. The molecule has 1 amide bonds. The first-order chi connectivity index (χ1) is 9.56. The van der Waals surface area contributed by atoms with E-state index in [0.29, 0.717) is 12.3 Å². The molecule has 0 bridgehead atoms. The van der Waals surface area contributed by atoms with Gasteiger partial charge in [0.25, 0.3) is 0 Å². The lowest BCUT2D eigenvalue weighted by Gasteiger charge is -2.16. The van der Waals surface area contributed by atoms with Gasteiger partial charge in [-0.25, -0.2) is 4.79 Å². The molecule has 2 unspecified atom stereocenters. The van der Waals surface area contributed by atoms with Gasteiger partial charge in [-0.2, -0.15) is 0 Å². The van der Waals surface area contributed by atoms with E-state index in [-0.39, 0.29) is 24.7 Å². The number of amides is 1. The zero-order valence-electron chi connectivity index (χ0n) is 12.3. The zero-order chi connectivity index (χ0) is 15.0. The Kier molecular flexibility index (Phi) is 9.73. The molecule has 0 aliphatic carbocycles. The predicted octanol–water partition coefficient (Wildman–Crippen LogP) is 0.0188. The van der Waals surface area contributed by atoms with E-state index in [9.17, 15) is 14.4 Å². The minimum atomic E-state index is -0.985. The van der Waals surface area contributed by atoms with Crippen molar-refractivity contribution in [3.63, 3.8) is 0 Å². The van der Waals surface area contributed by atoms with Crippen molar-refractivity contribution in [1.82, 2.24) is 10.6 Å². The predicted molar refractivity (Wildman–Crippen MR) is 78.0 cm³/mol. The number of rotatable bonds is 7. The summed E-state index contributed by atoms with van der Waals surface area (Å²) in [5, 5.41) is 5.75. The molecule has 0 aromatic rings. The topological polar surface area (TPSA) is 93.7 Å². The first-order valence-corrected chi connectivity index (χ1v) is 6.71. The Hall–Kier alpha value is -1.34. The Bertz CT molecular complexity index is 358. The Labute approximate surface area is 130 Å². The van der Waals surface area contributed by atoms with Crippen molar-refractivity contribution in [1.29, 1.82) is 0 Å². The molecule has 1 heterocycles. The van der Waals surface area contributed by atoms with Crippen LogP contribution < -0.4 is 10.6 Å². The number of methoxy groups -OCH3 is 2. The van der Waals surface area contributed by atoms with Gasteiger partial charge in [-0.15, -0.1) is 12.4 Å². The maximum absolute atomic E-state index is 11.8. The molecule has 122 valence electrons. The Morgan fingerprint density at radius 3 is 2.52 bits per heavy atom. The summed E-state index contributed by atoms with van der Waals surface area (Å²) < 4.78 is 9.06. The number of carbonyl (C=O) groups excluding carboxylic acids is 3. The quantitative estimate of drug-likeness (QED) is 0.642. The molecule has 21 heavy (non-hydrogen) atoms. The molecule has 7 nitrogen and oxygen atoms in total. The second-order valence-electron chi connectivity index (χ2n) is 4.82. The van der Waals surface area contributed by atoms with E-state index in [0.717, 1.165) is 25.9 Å². The van der Waals surface area contributed by atoms with Crippen molar-refractivity contribution >= 4 is 30.3 Å². The van der Waals surface area contributed by atoms with Crippen molar-refractivity contribution < 1.29 is 23.9 Å². The second-order valence-corrected chi connectivity index (χ2v) is 4.82. The SMILES string of the molecule is COC(=O)CC(NC(=O)CCC1CCNC1)C(=O)OC.Cl. The molecular weight excluding hydrogens is 300 g/mol. The molecule has 0 spiro atoms. The van der Waals surface area contributed by atoms with E-state index in [1.807, 2.05) is 0 Å². The molecule has 0 aromatic heterocycles. The molecule has 0 saturated carbocycles. The molecule has 1 rings (SSSR count). The lowest BCUT2D eigenvalue weighted by atomic mass is 10.0. The van der Waals surface area contributed by atoms with Crippen LogP contribution in [0, 0.1) is 5.92 Å². The van der Waals surface area contributed by atoms with Gasteiger partial charge < -0.3 is 20.1 Å². The minimum absolute atomic E-state index is 0. The molecule has 1 aliphatic heterocycles. The molecular formula is C13H23ClN2O5. The van der Waals surface area contributed by atoms with Crippen LogP contribution in [0.1, 0.15) is 25.7 Å². The van der Waals surface area contributed by atoms with Crippen LogP contribution in [-0.2, 0) is 23.9 Å².